The number of anilines is 1. The molecule has 1 atom stereocenters. The largest absolute Gasteiger partial charge is 0.355 e. The first-order valence-corrected chi connectivity index (χ1v) is 11.5. The van der Waals surface area contributed by atoms with Crippen molar-refractivity contribution in [3.8, 4) is 0 Å². The minimum Gasteiger partial charge on any atom is -0.355 e. The van der Waals surface area contributed by atoms with Crippen LogP contribution in [0.5, 0.6) is 0 Å². The van der Waals surface area contributed by atoms with Crippen molar-refractivity contribution >= 4 is 45.8 Å². The number of piperazine rings is 1. The van der Waals surface area contributed by atoms with Gasteiger partial charge in [0, 0.05) is 39.1 Å². The highest BCUT2D eigenvalue weighted by Gasteiger charge is 2.41. The SMILES string of the molecule is Cc1ccc(N2C(=O)CC(SC(=S)N3CCN(Cc4ccccc4)CC3)C2=O)cc1. The third-order valence-electron chi connectivity index (χ3n) is 5.52. The number of nitrogens with zero attached hydrogens (tertiary/aromatic N) is 3. The average Bonchev–Trinajstić information content (AvgIpc) is 3.03. The Kier molecular flexibility index (Phi) is 6.51. The summed E-state index contributed by atoms with van der Waals surface area (Å²) in [5.41, 5.74) is 3.05. The number of carbonyl (C=O) groups is 2. The highest BCUT2D eigenvalue weighted by atomic mass is 32.2. The Morgan fingerprint density at radius 1 is 1.00 bits per heavy atom. The van der Waals surface area contributed by atoms with Gasteiger partial charge in [0.2, 0.25) is 11.8 Å². The number of imide groups is 1. The van der Waals surface area contributed by atoms with Crippen molar-refractivity contribution in [1.82, 2.24) is 9.80 Å². The van der Waals surface area contributed by atoms with Crippen molar-refractivity contribution in [2.45, 2.75) is 25.1 Å². The number of hydrogen-bond acceptors (Lipinski definition) is 5. The van der Waals surface area contributed by atoms with Crippen molar-refractivity contribution in [3.63, 3.8) is 0 Å². The van der Waals surface area contributed by atoms with Crippen LogP contribution in [0, 0.1) is 6.92 Å². The van der Waals surface area contributed by atoms with Crippen LogP contribution in [0.1, 0.15) is 17.5 Å². The van der Waals surface area contributed by atoms with Crippen LogP contribution < -0.4 is 4.90 Å². The Bertz CT molecular complexity index is 925. The van der Waals surface area contributed by atoms with E-state index in [4.69, 9.17) is 12.2 Å². The fourth-order valence-electron chi connectivity index (χ4n) is 3.79. The monoisotopic (exact) mass is 439 g/mol. The minimum absolute atomic E-state index is 0.156. The third kappa shape index (κ3) is 4.74. The molecule has 0 saturated carbocycles. The Morgan fingerprint density at radius 2 is 1.67 bits per heavy atom. The second kappa shape index (κ2) is 9.29. The van der Waals surface area contributed by atoms with Gasteiger partial charge in [0.25, 0.3) is 0 Å². The van der Waals surface area contributed by atoms with E-state index in [2.05, 4.69) is 34.1 Å². The lowest BCUT2D eigenvalue weighted by atomic mass is 10.2. The third-order valence-corrected chi connectivity index (χ3v) is 7.18. The van der Waals surface area contributed by atoms with E-state index in [0.29, 0.717) is 10.0 Å². The van der Waals surface area contributed by atoms with Gasteiger partial charge >= 0.3 is 0 Å². The van der Waals surface area contributed by atoms with Gasteiger partial charge in [-0.05, 0) is 24.6 Å². The molecule has 30 heavy (non-hydrogen) atoms. The Hall–Kier alpha value is -2.22. The zero-order chi connectivity index (χ0) is 21.1. The van der Waals surface area contributed by atoms with E-state index in [1.165, 1.54) is 22.2 Å². The molecule has 0 aromatic heterocycles. The van der Waals surface area contributed by atoms with Crippen LogP contribution in [0.25, 0.3) is 0 Å². The van der Waals surface area contributed by atoms with Crippen molar-refractivity contribution in [2.75, 3.05) is 31.1 Å². The van der Waals surface area contributed by atoms with Gasteiger partial charge in [-0.25, -0.2) is 4.90 Å². The Morgan fingerprint density at radius 3 is 2.33 bits per heavy atom. The molecule has 2 saturated heterocycles. The van der Waals surface area contributed by atoms with Crippen LogP contribution in [0.3, 0.4) is 0 Å². The van der Waals surface area contributed by atoms with Gasteiger partial charge in [0.1, 0.15) is 9.57 Å². The molecule has 2 aromatic rings. The minimum atomic E-state index is -0.436. The number of benzene rings is 2. The van der Waals surface area contributed by atoms with Crippen molar-refractivity contribution in [1.29, 1.82) is 0 Å². The summed E-state index contributed by atoms with van der Waals surface area (Å²) in [6.07, 6.45) is 0.200. The van der Waals surface area contributed by atoms with E-state index in [1.54, 1.807) is 0 Å². The molecule has 2 aliphatic heterocycles. The zero-order valence-corrected chi connectivity index (χ0v) is 18.6. The molecule has 2 aliphatic rings. The first-order chi connectivity index (χ1) is 14.5. The van der Waals surface area contributed by atoms with E-state index in [1.807, 2.05) is 37.3 Å². The summed E-state index contributed by atoms with van der Waals surface area (Å²) in [7, 11) is 0. The molecule has 4 rings (SSSR count). The first kappa shape index (κ1) is 21.0. The molecule has 0 aliphatic carbocycles. The van der Waals surface area contributed by atoms with Crippen LogP contribution in [0.2, 0.25) is 0 Å². The molecular formula is C23H25N3O2S2. The lowest BCUT2D eigenvalue weighted by molar-refractivity contribution is -0.121. The molecule has 0 radical (unpaired) electrons. The number of amides is 2. The molecule has 2 amide bonds. The molecule has 5 nitrogen and oxygen atoms in total. The van der Waals surface area contributed by atoms with Crippen molar-refractivity contribution in [3.05, 3.63) is 65.7 Å². The summed E-state index contributed by atoms with van der Waals surface area (Å²) >= 11 is 6.99. The molecule has 7 heteroatoms. The van der Waals surface area contributed by atoms with Gasteiger partial charge in [0.05, 0.1) is 5.69 Å². The highest BCUT2D eigenvalue weighted by Crippen LogP contribution is 2.31. The summed E-state index contributed by atoms with van der Waals surface area (Å²) in [5, 5.41) is -0.436. The quantitative estimate of drug-likeness (QED) is 0.537. The lowest BCUT2D eigenvalue weighted by Gasteiger charge is -2.36. The molecule has 2 fully saturated rings. The maximum Gasteiger partial charge on any atom is 0.247 e. The van der Waals surface area contributed by atoms with Gasteiger partial charge in [-0.15, -0.1) is 0 Å². The first-order valence-electron chi connectivity index (χ1n) is 10.2. The molecular weight excluding hydrogens is 414 g/mol. The van der Waals surface area contributed by atoms with Crippen LogP contribution in [-0.2, 0) is 16.1 Å². The second-order valence-electron chi connectivity index (χ2n) is 7.73. The van der Waals surface area contributed by atoms with Crippen LogP contribution in [0.4, 0.5) is 5.69 Å². The predicted molar refractivity (Wildman–Crippen MR) is 126 cm³/mol. The number of hydrogen-bond donors (Lipinski definition) is 0. The normalized spacial score (nSPS) is 20.1. The van der Waals surface area contributed by atoms with E-state index in [-0.39, 0.29) is 18.2 Å². The number of aryl methyl sites for hydroxylation is 1. The topological polar surface area (TPSA) is 43.9 Å². The Labute approximate surface area is 187 Å². The zero-order valence-electron chi connectivity index (χ0n) is 17.0. The van der Waals surface area contributed by atoms with Gasteiger partial charge < -0.3 is 4.90 Å². The fourth-order valence-corrected chi connectivity index (χ4v) is 5.33. The fraction of sp³-hybridized carbons (Fsp3) is 0.348. The summed E-state index contributed by atoms with van der Waals surface area (Å²) in [6.45, 7) is 6.47. The molecule has 2 aromatic carbocycles. The van der Waals surface area contributed by atoms with Gasteiger partial charge in [-0.1, -0.05) is 72.0 Å². The summed E-state index contributed by atoms with van der Waals surface area (Å²) in [5.74, 6) is -0.323. The molecule has 0 spiro atoms. The predicted octanol–water partition coefficient (Wildman–Crippen LogP) is 3.46. The molecule has 156 valence electrons. The number of rotatable bonds is 4. The summed E-state index contributed by atoms with van der Waals surface area (Å²) in [4.78, 5) is 31.2. The van der Waals surface area contributed by atoms with Gasteiger partial charge in [0.15, 0.2) is 0 Å². The summed E-state index contributed by atoms with van der Waals surface area (Å²) < 4.78 is 0.714. The smallest absolute Gasteiger partial charge is 0.247 e. The van der Waals surface area contributed by atoms with Crippen LogP contribution in [0.15, 0.2) is 54.6 Å². The number of thiocarbonyl (C=S) groups is 1. The highest BCUT2D eigenvalue weighted by molar-refractivity contribution is 8.23. The van der Waals surface area contributed by atoms with E-state index >= 15 is 0 Å². The molecule has 0 N–H and O–H groups in total. The number of thioether (sulfide) groups is 1. The standard InChI is InChI=1S/C23H25N3O2S2/c1-17-7-9-19(10-8-17)26-21(27)15-20(22(26)28)30-23(29)25-13-11-24(12-14-25)16-18-5-3-2-4-6-18/h2-10,20H,11-16H2,1H3. The van der Waals surface area contributed by atoms with Crippen molar-refractivity contribution in [2.24, 2.45) is 0 Å². The van der Waals surface area contributed by atoms with E-state index in [9.17, 15) is 9.59 Å². The van der Waals surface area contributed by atoms with Gasteiger partial charge in [-0.3, -0.25) is 14.5 Å². The Balaban J connectivity index is 1.30. The average molecular weight is 440 g/mol. The molecule has 0 bridgehead atoms. The molecule has 2 heterocycles. The van der Waals surface area contributed by atoms with Crippen LogP contribution in [-0.4, -0.2) is 57.4 Å². The molecule has 1 unspecified atom stereocenters. The lowest BCUT2D eigenvalue weighted by Crippen LogP contribution is -2.47. The van der Waals surface area contributed by atoms with Gasteiger partial charge in [-0.2, -0.15) is 0 Å². The number of carbonyl (C=O) groups excluding carboxylic acids is 2. The maximum absolute atomic E-state index is 12.9. The van der Waals surface area contributed by atoms with E-state index < -0.39 is 5.25 Å². The second-order valence-corrected chi connectivity index (χ2v) is 9.56. The van der Waals surface area contributed by atoms with Crippen molar-refractivity contribution < 1.29 is 9.59 Å². The van der Waals surface area contributed by atoms with Crippen LogP contribution >= 0.6 is 24.0 Å². The summed E-state index contributed by atoms with van der Waals surface area (Å²) in [6, 6.07) is 17.9. The van der Waals surface area contributed by atoms with E-state index in [0.717, 1.165) is 38.3 Å². The maximum atomic E-state index is 12.9.